The second-order valence-corrected chi connectivity index (χ2v) is 8.76. The SMILES string of the molecule is CCCCCNC(=O)C1CCN(CC(=O)c2c(-c3ccccc3)[nH]c3ccccc23)CC1. The Balaban J connectivity index is 1.42. The van der Waals surface area contributed by atoms with E-state index in [-0.39, 0.29) is 17.6 Å². The number of nitrogens with one attached hydrogen (secondary N) is 2. The lowest BCUT2D eigenvalue weighted by atomic mass is 9.95. The smallest absolute Gasteiger partial charge is 0.223 e. The van der Waals surface area contributed by atoms with E-state index in [2.05, 4.69) is 22.1 Å². The van der Waals surface area contributed by atoms with Gasteiger partial charge in [0.2, 0.25) is 5.91 Å². The van der Waals surface area contributed by atoms with Gasteiger partial charge in [0.15, 0.2) is 5.78 Å². The fourth-order valence-electron chi connectivity index (χ4n) is 4.62. The van der Waals surface area contributed by atoms with Crippen molar-refractivity contribution in [2.45, 2.75) is 39.0 Å². The van der Waals surface area contributed by atoms with E-state index in [1.807, 2.05) is 54.6 Å². The first-order valence-corrected chi connectivity index (χ1v) is 11.9. The van der Waals surface area contributed by atoms with Crippen molar-refractivity contribution in [2.24, 2.45) is 5.92 Å². The number of aromatic amines is 1. The van der Waals surface area contributed by atoms with Crippen LogP contribution in [0.2, 0.25) is 0 Å². The lowest BCUT2D eigenvalue weighted by Gasteiger charge is -2.30. The summed E-state index contributed by atoms with van der Waals surface area (Å²) in [7, 11) is 0. The van der Waals surface area contributed by atoms with Gasteiger partial charge in [-0.15, -0.1) is 0 Å². The van der Waals surface area contributed by atoms with Crippen LogP contribution in [0.15, 0.2) is 54.6 Å². The maximum Gasteiger partial charge on any atom is 0.223 e. The van der Waals surface area contributed by atoms with Crippen LogP contribution < -0.4 is 5.32 Å². The number of H-pyrrole nitrogens is 1. The molecule has 0 spiro atoms. The summed E-state index contributed by atoms with van der Waals surface area (Å²) in [5.41, 5.74) is 3.65. The number of para-hydroxylation sites is 1. The molecule has 1 fully saturated rings. The second-order valence-electron chi connectivity index (χ2n) is 8.76. The molecule has 0 bridgehead atoms. The maximum absolute atomic E-state index is 13.5. The first-order valence-electron chi connectivity index (χ1n) is 11.9. The summed E-state index contributed by atoms with van der Waals surface area (Å²) in [5, 5.41) is 4.05. The molecule has 2 aromatic carbocycles. The molecule has 5 heteroatoms. The highest BCUT2D eigenvalue weighted by atomic mass is 16.2. The third kappa shape index (κ3) is 5.10. The summed E-state index contributed by atoms with van der Waals surface area (Å²) in [6.45, 7) is 4.88. The zero-order valence-corrected chi connectivity index (χ0v) is 18.9. The van der Waals surface area contributed by atoms with Gasteiger partial charge in [-0.2, -0.15) is 0 Å². The number of carbonyl (C=O) groups is 2. The van der Waals surface area contributed by atoms with E-state index in [4.69, 9.17) is 0 Å². The number of amides is 1. The molecule has 1 aliphatic rings. The number of likely N-dealkylation sites (tertiary alicyclic amines) is 1. The quantitative estimate of drug-likeness (QED) is 0.369. The minimum Gasteiger partial charge on any atom is -0.356 e. The first kappa shape index (κ1) is 22.3. The molecule has 1 aliphatic heterocycles. The van der Waals surface area contributed by atoms with Gasteiger partial charge in [-0.3, -0.25) is 14.5 Å². The predicted octanol–water partition coefficient (Wildman–Crippen LogP) is 5.04. The number of hydrogen-bond donors (Lipinski definition) is 2. The van der Waals surface area contributed by atoms with E-state index in [0.717, 1.165) is 79.5 Å². The van der Waals surface area contributed by atoms with Crippen LogP contribution in [0.25, 0.3) is 22.2 Å². The topological polar surface area (TPSA) is 65.2 Å². The molecule has 1 aromatic heterocycles. The Bertz CT molecular complexity index is 1050. The monoisotopic (exact) mass is 431 g/mol. The average Bonchev–Trinajstić information content (AvgIpc) is 3.22. The van der Waals surface area contributed by atoms with E-state index in [0.29, 0.717) is 6.54 Å². The summed E-state index contributed by atoms with van der Waals surface area (Å²) in [6.07, 6.45) is 4.98. The average molecular weight is 432 g/mol. The number of rotatable bonds is 9. The number of ketones is 1. The minimum atomic E-state index is 0.0657. The Morgan fingerprint density at radius 3 is 2.47 bits per heavy atom. The summed E-state index contributed by atoms with van der Waals surface area (Å²) >= 11 is 0. The summed E-state index contributed by atoms with van der Waals surface area (Å²) < 4.78 is 0. The summed E-state index contributed by atoms with van der Waals surface area (Å²) in [5.74, 6) is 0.370. The molecular weight excluding hydrogens is 398 g/mol. The van der Waals surface area contributed by atoms with Crippen molar-refractivity contribution in [1.29, 1.82) is 0 Å². The van der Waals surface area contributed by atoms with Crippen LogP contribution in [-0.2, 0) is 4.79 Å². The van der Waals surface area contributed by atoms with Crippen LogP contribution in [0.4, 0.5) is 0 Å². The van der Waals surface area contributed by atoms with E-state index in [9.17, 15) is 9.59 Å². The van der Waals surface area contributed by atoms with Crippen molar-refractivity contribution in [2.75, 3.05) is 26.2 Å². The Kier molecular flexibility index (Phi) is 7.38. The normalized spacial score (nSPS) is 15.2. The third-order valence-electron chi connectivity index (χ3n) is 6.45. The Labute approximate surface area is 190 Å². The number of fused-ring (bicyclic) bond motifs is 1. The Hall–Kier alpha value is -2.92. The summed E-state index contributed by atoms with van der Waals surface area (Å²) in [6, 6.07) is 18.0. The molecule has 0 unspecified atom stereocenters. The molecule has 0 aliphatic carbocycles. The van der Waals surface area contributed by atoms with E-state index in [1.54, 1.807) is 0 Å². The van der Waals surface area contributed by atoms with Crippen LogP contribution in [0.5, 0.6) is 0 Å². The van der Waals surface area contributed by atoms with Crippen LogP contribution in [0.3, 0.4) is 0 Å². The van der Waals surface area contributed by atoms with Crippen molar-refractivity contribution in [3.05, 3.63) is 60.2 Å². The number of unbranched alkanes of at least 4 members (excludes halogenated alkanes) is 2. The van der Waals surface area contributed by atoms with Gasteiger partial charge in [0.05, 0.1) is 17.8 Å². The second kappa shape index (κ2) is 10.6. The molecule has 4 rings (SSSR count). The standard InChI is InChI=1S/C27H33N3O2/c1-2-3-9-16-28-27(32)21-14-17-30(18-15-21)19-24(31)25-22-12-7-8-13-23(22)29-26(25)20-10-5-4-6-11-20/h4-8,10-13,21,29H,2-3,9,14-19H2,1H3,(H,28,32). The number of carbonyl (C=O) groups excluding carboxylic acids is 2. The molecule has 2 heterocycles. The maximum atomic E-state index is 13.5. The van der Waals surface area contributed by atoms with Crippen LogP contribution >= 0.6 is 0 Å². The third-order valence-corrected chi connectivity index (χ3v) is 6.45. The van der Waals surface area contributed by atoms with Crippen molar-refractivity contribution in [1.82, 2.24) is 15.2 Å². The molecule has 168 valence electrons. The number of Topliss-reactive ketones (excluding diaryl/α,β-unsaturated/α-hetero) is 1. The van der Waals surface area contributed by atoms with Gasteiger partial charge in [0.25, 0.3) is 0 Å². The fourth-order valence-corrected chi connectivity index (χ4v) is 4.62. The van der Waals surface area contributed by atoms with Crippen molar-refractivity contribution in [3.63, 3.8) is 0 Å². The van der Waals surface area contributed by atoms with Gasteiger partial charge in [-0.25, -0.2) is 0 Å². The van der Waals surface area contributed by atoms with Crippen molar-refractivity contribution >= 4 is 22.6 Å². The van der Waals surface area contributed by atoms with E-state index < -0.39 is 0 Å². The Morgan fingerprint density at radius 1 is 1.00 bits per heavy atom. The van der Waals surface area contributed by atoms with Gasteiger partial charge in [0, 0.05) is 23.4 Å². The number of piperidine rings is 1. The van der Waals surface area contributed by atoms with Gasteiger partial charge in [-0.05, 0) is 44.0 Å². The van der Waals surface area contributed by atoms with Gasteiger partial charge in [0.1, 0.15) is 0 Å². The molecule has 1 saturated heterocycles. The molecule has 32 heavy (non-hydrogen) atoms. The van der Waals surface area contributed by atoms with Gasteiger partial charge < -0.3 is 10.3 Å². The number of hydrogen-bond acceptors (Lipinski definition) is 3. The zero-order valence-electron chi connectivity index (χ0n) is 18.9. The predicted molar refractivity (Wildman–Crippen MR) is 130 cm³/mol. The van der Waals surface area contributed by atoms with Gasteiger partial charge in [-0.1, -0.05) is 68.3 Å². The summed E-state index contributed by atoms with van der Waals surface area (Å²) in [4.78, 5) is 31.5. The highest BCUT2D eigenvalue weighted by molar-refractivity contribution is 6.14. The van der Waals surface area contributed by atoms with Crippen molar-refractivity contribution < 1.29 is 9.59 Å². The van der Waals surface area contributed by atoms with Crippen molar-refractivity contribution in [3.8, 4) is 11.3 Å². The number of aromatic nitrogens is 1. The largest absolute Gasteiger partial charge is 0.356 e. The molecule has 0 saturated carbocycles. The van der Waals surface area contributed by atoms with E-state index >= 15 is 0 Å². The van der Waals surface area contributed by atoms with E-state index in [1.165, 1.54) is 0 Å². The lowest BCUT2D eigenvalue weighted by molar-refractivity contribution is -0.126. The zero-order chi connectivity index (χ0) is 22.3. The molecule has 0 atom stereocenters. The molecule has 5 nitrogen and oxygen atoms in total. The lowest BCUT2D eigenvalue weighted by Crippen LogP contribution is -2.42. The van der Waals surface area contributed by atoms with Gasteiger partial charge >= 0.3 is 0 Å². The first-order chi connectivity index (χ1) is 15.7. The number of benzene rings is 2. The highest BCUT2D eigenvalue weighted by Gasteiger charge is 2.27. The molecule has 2 N–H and O–H groups in total. The van der Waals surface area contributed by atoms with Crippen LogP contribution in [0, 0.1) is 5.92 Å². The molecular formula is C27H33N3O2. The van der Waals surface area contributed by atoms with Crippen LogP contribution in [-0.4, -0.2) is 47.8 Å². The molecule has 3 aromatic rings. The molecule has 0 radical (unpaired) electrons. The fraction of sp³-hybridized carbons (Fsp3) is 0.407. The molecule has 1 amide bonds. The number of nitrogens with zero attached hydrogens (tertiary/aromatic N) is 1. The minimum absolute atomic E-state index is 0.0657. The highest BCUT2D eigenvalue weighted by Crippen LogP contribution is 2.31. The Morgan fingerprint density at radius 2 is 1.72 bits per heavy atom. The van der Waals surface area contributed by atoms with Crippen LogP contribution in [0.1, 0.15) is 49.4 Å².